The van der Waals surface area contributed by atoms with Crippen molar-refractivity contribution in [2.24, 2.45) is 0 Å². The van der Waals surface area contributed by atoms with Crippen LogP contribution in [0.15, 0.2) is 0 Å². The highest BCUT2D eigenvalue weighted by Crippen LogP contribution is 3.02. The van der Waals surface area contributed by atoms with Gasteiger partial charge in [-0.05, 0) is 0 Å². The summed E-state index contributed by atoms with van der Waals surface area (Å²) in [4.78, 5) is 78.7. The summed E-state index contributed by atoms with van der Waals surface area (Å²) in [5, 5.41) is 0. The minimum Gasteiger partial charge on any atom is -0.334 e. The molecule has 19 heteroatoms. The van der Waals surface area contributed by atoms with E-state index in [1.807, 2.05) is 0 Å². The summed E-state index contributed by atoms with van der Waals surface area (Å²) in [7, 11) is -34.4. The van der Waals surface area contributed by atoms with Gasteiger partial charge in [0.15, 0.2) is 0 Å². The third-order valence-electron chi connectivity index (χ3n) is 1.92. The zero-order valence-corrected chi connectivity index (χ0v) is 13.3. The molecule has 0 bridgehead atoms. The lowest BCUT2D eigenvalue weighted by Gasteiger charge is -2.36. The fourth-order valence-electron chi connectivity index (χ4n) is 1.19. The van der Waals surface area contributed by atoms with Crippen LogP contribution in [0.2, 0.25) is 0 Å². The molecule has 0 aromatic carbocycles. The molecule has 0 saturated heterocycles. The van der Waals surface area contributed by atoms with Gasteiger partial charge in [-0.1, -0.05) is 0 Å². The lowest BCUT2D eigenvalue weighted by Crippen LogP contribution is -2.29. The first-order valence-corrected chi connectivity index (χ1v) is 12.6. The van der Waals surface area contributed by atoms with Gasteiger partial charge in [0.25, 0.3) is 0 Å². The van der Waals surface area contributed by atoms with Crippen LogP contribution in [0.25, 0.3) is 0 Å². The number of hydrogen-bond acceptors (Lipinski definition) is 5. The Kier molecular flexibility index (Phi) is 5.37. The quantitative estimate of drug-likeness (QED) is 0.238. The molecular weight excluding hydrogens is 391 g/mol. The molecule has 9 N–H and O–H groups in total. The Hall–Kier alpha value is 0.790. The molecule has 20 heavy (non-hydrogen) atoms. The van der Waals surface area contributed by atoms with Crippen LogP contribution in [-0.4, -0.2) is 48.4 Å². The van der Waals surface area contributed by atoms with Gasteiger partial charge in [-0.2, -0.15) is 0 Å². The van der Waals surface area contributed by atoms with Gasteiger partial charge in [-0.25, -0.2) is 4.57 Å². The van der Waals surface area contributed by atoms with Gasteiger partial charge in [-0.15, -0.1) is 0 Å². The molecule has 0 aromatic rings. The highest BCUT2D eigenvalue weighted by molar-refractivity contribution is 8.36. The number of rotatable bonds is 5. The monoisotopic (exact) mass is 400 g/mol. The minimum atomic E-state index is -7.10. The molecule has 1 unspecified atom stereocenters. The van der Waals surface area contributed by atoms with Crippen molar-refractivity contribution in [3.63, 3.8) is 0 Å². The average Bonchev–Trinajstić information content (AvgIpc) is 1.89. The van der Waals surface area contributed by atoms with Crippen LogP contribution >= 0.6 is 37.1 Å². The summed E-state index contributed by atoms with van der Waals surface area (Å²) in [6.07, 6.45) is 0. The van der Waals surface area contributed by atoms with Crippen LogP contribution < -0.4 is 0 Å². The van der Waals surface area contributed by atoms with Gasteiger partial charge in [-0.3, -0.25) is 18.3 Å². The van der Waals surface area contributed by atoms with Gasteiger partial charge in [0.1, 0.15) is 0 Å². The van der Waals surface area contributed by atoms with Crippen LogP contribution in [0.4, 0.5) is 0 Å². The SMILES string of the molecule is O=P(O)(O)C(P(=O)(O)O)(P(=O)(O)O)P(=O)(O)P(=O)(O)O. The van der Waals surface area contributed by atoms with Crippen molar-refractivity contribution in [1.82, 2.24) is 0 Å². The van der Waals surface area contributed by atoms with Gasteiger partial charge < -0.3 is 44.0 Å². The van der Waals surface area contributed by atoms with Crippen molar-refractivity contribution in [1.29, 1.82) is 0 Å². The molecule has 0 heterocycles. The Bertz CT molecular complexity index is 561. The van der Waals surface area contributed by atoms with Gasteiger partial charge in [0.05, 0.1) is 0 Å². The molecule has 0 aliphatic heterocycles. The first kappa shape index (κ1) is 20.8. The molecule has 14 nitrogen and oxygen atoms in total. The fourth-order valence-corrected chi connectivity index (χ4v) is 17.0. The third-order valence-corrected chi connectivity index (χ3v) is 19.7. The second-order valence-corrected chi connectivity index (χ2v) is 16.7. The molecule has 0 rings (SSSR count). The van der Waals surface area contributed by atoms with Crippen LogP contribution in [0.5, 0.6) is 0 Å². The van der Waals surface area contributed by atoms with E-state index < -0.39 is 41.5 Å². The van der Waals surface area contributed by atoms with Crippen molar-refractivity contribution in [2.75, 3.05) is 0 Å². The molecule has 0 saturated carbocycles. The molecule has 0 fully saturated rings. The second-order valence-electron chi connectivity index (χ2n) is 3.29. The van der Waals surface area contributed by atoms with E-state index in [1.165, 1.54) is 0 Å². The highest BCUT2D eigenvalue weighted by atomic mass is 32.1. The Balaban J connectivity index is 7.32. The first-order valence-electron chi connectivity index (χ1n) is 3.81. The molecular formula is CH9O14P5. The summed E-state index contributed by atoms with van der Waals surface area (Å²) in [6, 6.07) is 0. The molecule has 0 spiro atoms. The van der Waals surface area contributed by atoms with E-state index in [2.05, 4.69) is 0 Å². The van der Waals surface area contributed by atoms with E-state index in [4.69, 9.17) is 44.0 Å². The zero-order chi connectivity index (χ0) is 17.0. The Morgan fingerprint density at radius 2 is 0.700 bits per heavy atom. The predicted octanol–water partition coefficient (Wildman–Crippen LogP) is -1.51. The minimum absolute atomic E-state index is 5.46. The summed E-state index contributed by atoms with van der Waals surface area (Å²) < 4.78 is 50.1. The summed E-state index contributed by atoms with van der Waals surface area (Å²) in [6.45, 7) is 0. The smallest absolute Gasteiger partial charge is 0.334 e. The lowest BCUT2D eigenvalue weighted by molar-refractivity contribution is 0.310. The second kappa shape index (κ2) is 5.16. The highest BCUT2D eigenvalue weighted by Gasteiger charge is 2.85. The van der Waals surface area contributed by atoms with Gasteiger partial charge in [0, 0.05) is 0 Å². The van der Waals surface area contributed by atoms with Crippen molar-refractivity contribution in [3.05, 3.63) is 0 Å². The topological polar surface area (TPSA) is 267 Å². The van der Waals surface area contributed by atoms with Crippen LogP contribution in [0.3, 0.4) is 0 Å². The van der Waals surface area contributed by atoms with E-state index in [1.54, 1.807) is 0 Å². The molecule has 0 amide bonds. The Morgan fingerprint density at radius 3 is 0.750 bits per heavy atom. The maximum Gasteiger partial charge on any atom is 0.409 e. The molecule has 0 aliphatic rings. The Morgan fingerprint density at radius 1 is 0.500 bits per heavy atom. The standard InChI is InChI=1S/CH9O14P5/c2-16(3,4)1(17(5,6)7,18(8,9)10)19(11,12)20(13,14)15/h(H,11,12)(H2,2,3,4)(H2,5,6,7)(H2,8,9,10)(H2,13,14,15). The first-order chi connectivity index (χ1) is 8.25. The summed E-state index contributed by atoms with van der Waals surface area (Å²) >= 11 is 0. The zero-order valence-electron chi connectivity index (χ0n) is 8.80. The van der Waals surface area contributed by atoms with Crippen LogP contribution in [0, 0.1) is 0 Å². The van der Waals surface area contributed by atoms with E-state index in [-0.39, 0.29) is 0 Å². The fraction of sp³-hybridized carbons (Fsp3) is 1.00. The van der Waals surface area contributed by atoms with E-state index in [0.29, 0.717) is 0 Å². The largest absolute Gasteiger partial charge is 0.409 e. The van der Waals surface area contributed by atoms with Crippen molar-refractivity contribution in [2.45, 2.75) is 4.38 Å². The molecule has 1 atom stereocenters. The van der Waals surface area contributed by atoms with Gasteiger partial charge >= 0.3 is 41.5 Å². The molecule has 0 aliphatic carbocycles. The van der Waals surface area contributed by atoms with Crippen LogP contribution in [0.1, 0.15) is 0 Å². The third kappa shape index (κ3) is 2.84. The Labute approximate surface area is 109 Å². The maximum absolute atomic E-state index is 11.5. The van der Waals surface area contributed by atoms with E-state index in [0.717, 1.165) is 0 Å². The van der Waals surface area contributed by atoms with E-state index >= 15 is 0 Å². The molecule has 122 valence electrons. The van der Waals surface area contributed by atoms with Crippen LogP contribution in [-0.2, 0) is 22.8 Å². The van der Waals surface area contributed by atoms with E-state index in [9.17, 15) is 22.8 Å². The van der Waals surface area contributed by atoms with Crippen molar-refractivity contribution >= 4 is 37.1 Å². The molecule has 0 aromatic heterocycles. The number of hydrogen-bond donors (Lipinski definition) is 9. The van der Waals surface area contributed by atoms with Gasteiger partial charge in [0.2, 0.25) is 0 Å². The predicted molar refractivity (Wildman–Crippen MR) is 60.7 cm³/mol. The average molecular weight is 400 g/mol. The normalized spacial score (nSPS) is 18.6. The molecule has 0 radical (unpaired) electrons. The maximum atomic E-state index is 11.5. The summed E-state index contributed by atoms with van der Waals surface area (Å²) in [5.41, 5.74) is 0. The van der Waals surface area contributed by atoms with Crippen molar-refractivity contribution < 1.29 is 66.9 Å². The lowest BCUT2D eigenvalue weighted by atomic mass is 11.8. The summed E-state index contributed by atoms with van der Waals surface area (Å²) in [5.74, 6) is 0. The van der Waals surface area contributed by atoms with Crippen molar-refractivity contribution in [3.8, 4) is 0 Å².